The SMILES string of the molecule is S=C=Nc1cnccc1N1CCCCC1. The van der Waals surface area contributed by atoms with Crippen molar-refractivity contribution in [2.45, 2.75) is 19.3 Å². The lowest BCUT2D eigenvalue weighted by Crippen LogP contribution is -2.29. The topological polar surface area (TPSA) is 28.5 Å². The quantitative estimate of drug-likeness (QED) is 0.565. The van der Waals surface area contributed by atoms with Crippen molar-refractivity contribution >= 4 is 28.8 Å². The molecule has 1 aliphatic heterocycles. The molecule has 2 heterocycles. The number of aliphatic imine (C=N–C) groups is 1. The zero-order chi connectivity index (χ0) is 10.5. The monoisotopic (exact) mass is 219 g/mol. The lowest BCUT2D eigenvalue weighted by Gasteiger charge is -2.29. The molecule has 0 aromatic carbocycles. The Labute approximate surface area is 94.8 Å². The molecule has 0 bridgehead atoms. The maximum Gasteiger partial charge on any atom is 0.116 e. The lowest BCUT2D eigenvalue weighted by atomic mass is 10.1. The van der Waals surface area contributed by atoms with Crippen molar-refractivity contribution in [1.82, 2.24) is 4.98 Å². The van der Waals surface area contributed by atoms with E-state index in [2.05, 4.69) is 32.3 Å². The van der Waals surface area contributed by atoms with Gasteiger partial charge in [-0.05, 0) is 37.5 Å². The Bertz CT molecular complexity index is 379. The third kappa shape index (κ3) is 2.41. The van der Waals surface area contributed by atoms with Crippen molar-refractivity contribution in [3.63, 3.8) is 0 Å². The predicted octanol–water partition coefficient (Wildman–Crippen LogP) is 2.81. The summed E-state index contributed by atoms with van der Waals surface area (Å²) < 4.78 is 0. The van der Waals surface area contributed by atoms with Crippen LogP contribution in [0.1, 0.15) is 19.3 Å². The first-order chi connectivity index (χ1) is 7.42. The second-order valence-corrected chi connectivity index (χ2v) is 3.80. The van der Waals surface area contributed by atoms with Gasteiger partial charge in [0, 0.05) is 19.3 Å². The van der Waals surface area contributed by atoms with Crippen LogP contribution in [0.5, 0.6) is 0 Å². The van der Waals surface area contributed by atoms with Crippen LogP contribution in [0.4, 0.5) is 11.4 Å². The van der Waals surface area contributed by atoms with Gasteiger partial charge in [0.15, 0.2) is 0 Å². The van der Waals surface area contributed by atoms with Crippen molar-refractivity contribution in [2.75, 3.05) is 18.0 Å². The molecule has 78 valence electrons. The van der Waals surface area contributed by atoms with Crippen LogP contribution in [-0.4, -0.2) is 23.2 Å². The van der Waals surface area contributed by atoms with Gasteiger partial charge in [-0.15, -0.1) is 0 Å². The van der Waals surface area contributed by atoms with Gasteiger partial charge in [-0.2, -0.15) is 4.99 Å². The number of pyridine rings is 1. The molecular formula is C11H13N3S. The van der Waals surface area contributed by atoms with E-state index in [1.807, 2.05) is 6.07 Å². The first-order valence-electron chi connectivity index (χ1n) is 5.18. The Morgan fingerprint density at radius 1 is 1.33 bits per heavy atom. The van der Waals surface area contributed by atoms with E-state index in [-0.39, 0.29) is 0 Å². The fraction of sp³-hybridized carbons (Fsp3) is 0.455. The molecule has 0 amide bonds. The highest BCUT2D eigenvalue weighted by molar-refractivity contribution is 7.78. The van der Waals surface area contributed by atoms with Crippen LogP contribution in [0.25, 0.3) is 0 Å². The van der Waals surface area contributed by atoms with Crippen molar-refractivity contribution in [3.05, 3.63) is 18.5 Å². The summed E-state index contributed by atoms with van der Waals surface area (Å²) >= 11 is 4.63. The molecule has 0 atom stereocenters. The normalized spacial score (nSPS) is 15.9. The molecule has 1 fully saturated rings. The van der Waals surface area contributed by atoms with E-state index >= 15 is 0 Å². The van der Waals surface area contributed by atoms with Gasteiger partial charge in [-0.1, -0.05) is 0 Å². The van der Waals surface area contributed by atoms with Crippen molar-refractivity contribution in [2.24, 2.45) is 4.99 Å². The Morgan fingerprint density at radius 2 is 2.13 bits per heavy atom. The van der Waals surface area contributed by atoms with E-state index in [1.165, 1.54) is 19.3 Å². The van der Waals surface area contributed by atoms with E-state index in [1.54, 1.807) is 12.4 Å². The number of thiocarbonyl (C=S) groups is 1. The smallest absolute Gasteiger partial charge is 0.116 e. The summed E-state index contributed by atoms with van der Waals surface area (Å²) in [7, 11) is 0. The molecule has 0 N–H and O–H groups in total. The fourth-order valence-electron chi connectivity index (χ4n) is 1.92. The van der Waals surface area contributed by atoms with Gasteiger partial charge in [0.2, 0.25) is 0 Å². The van der Waals surface area contributed by atoms with Gasteiger partial charge >= 0.3 is 0 Å². The molecule has 0 saturated carbocycles. The molecule has 2 rings (SSSR count). The Kier molecular flexibility index (Phi) is 3.43. The van der Waals surface area contributed by atoms with E-state index < -0.39 is 0 Å². The molecule has 0 unspecified atom stereocenters. The predicted molar refractivity (Wildman–Crippen MR) is 65.0 cm³/mol. The standard InChI is InChI=1S/C11H13N3S/c15-9-13-10-8-12-5-4-11(10)14-6-2-1-3-7-14/h4-5,8H,1-3,6-7H2. The van der Waals surface area contributed by atoms with Crippen LogP contribution >= 0.6 is 12.2 Å². The zero-order valence-electron chi connectivity index (χ0n) is 8.52. The minimum atomic E-state index is 0.828. The average molecular weight is 219 g/mol. The van der Waals surface area contributed by atoms with E-state index in [9.17, 15) is 0 Å². The highest BCUT2D eigenvalue weighted by atomic mass is 32.1. The van der Waals surface area contributed by atoms with E-state index in [0.29, 0.717) is 0 Å². The summed E-state index contributed by atoms with van der Waals surface area (Å²) in [4.78, 5) is 10.4. The van der Waals surface area contributed by atoms with Crippen molar-refractivity contribution < 1.29 is 0 Å². The Morgan fingerprint density at radius 3 is 2.87 bits per heavy atom. The van der Waals surface area contributed by atoms with Gasteiger partial charge in [0.05, 0.1) is 17.0 Å². The average Bonchev–Trinajstić information content (AvgIpc) is 2.31. The Balaban J connectivity index is 2.28. The molecular weight excluding hydrogens is 206 g/mol. The first kappa shape index (κ1) is 10.3. The number of hydrogen-bond donors (Lipinski definition) is 0. The molecule has 0 radical (unpaired) electrons. The molecule has 3 nitrogen and oxygen atoms in total. The van der Waals surface area contributed by atoms with E-state index in [4.69, 9.17) is 0 Å². The number of isothiocyanates is 1. The number of rotatable bonds is 2. The van der Waals surface area contributed by atoms with Gasteiger partial charge in [0.1, 0.15) is 5.69 Å². The van der Waals surface area contributed by atoms with Crippen LogP contribution < -0.4 is 4.90 Å². The summed E-state index contributed by atoms with van der Waals surface area (Å²) in [5.74, 6) is 0. The van der Waals surface area contributed by atoms with Crippen molar-refractivity contribution in [3.8, 4) is 0 Å². The largest absolute Gasteiger partial charge is 0.370 e. The molecule has 0 aliphatic carbocycles. The van der Waals surface area contributed by atoms with Crippen LogP contribution in [0.3, 0.4) is 0 Å². The van der Waals surface area contributed by atoms with Gasteiger partial charge < -0.3 is 4.90 Å². The lowest BCUT2D eigenvalue weighted by molar-refractivity contribution is 0.578. The van der Waals surface area contributed by atoms with Crippen LogP contribution in [-0.2, 0) is 0 Å². The summed E-state index contributed by atoms with van der Waals surface area (Å²) in [6.07, 6.45) is 7.37. The van der Waals surface area contributed by atoms with Gasteiger partial charge in [-0.25, -0.2) is 0 Å². The molecule has 15 heavy (non-hydrogen) atoms. The maximum absolute atomic E-state index is 4.63. The molecule has 1 aromatic heterocycles. The van der Waals surface area contributed by atoms with Crippen molar-refractivity contribution in [1.29, 1.82) is 0 Å². The first-order valence-corrected chi connectivity index (χ1v) is 5.59. The summed E-state index contributed by atoms with van der Waals surface area (Å²) in [6.45, 7) is 2.20. The molecule has 1 aromatic rings. The molecule has 4 heteroatoms. The van der Waals surface area contributed by atoms with Crippen LogP contribution in [0.15, 0.2) is 23.5 Å². The minimum Gasteiger partial charge on any atom is -0.370 e. The highest BCUT2D eigenvalue weighted by Crippen LogP contribution is 2.29. The number of aromatic nitrogens is 1. The van der Waals surface area contributed by atoms with E-state index in [0.717, 1.165) is 24.5 Å². The summed E-state index contributed by atoms with van der Waals surface area (Å²) in [5, 5.41) is 2.41. The summed E-state index contributed by atoms with van der Waals surface area (Å²) in [6, 6.07) is 2.00. The molecule has 1 saturated heterocycles. The third-order valence-electron chi connectivity index (χ3n) is 2.64. The highest BCUT2D eigenvalue weighted by Gasteiger charge is 2.13. The number of anilines is 1. The zero-order valence-corrected chi connectivity index (χ0v) is 9.33. The molecule has 1 aliphatic rings. The molecule has 0 spiro atoms. The fourth-order valence-corrected chi connectivity index (χ4v) is 2.01. The van der Waals surface area contributed by atoms with Gasteiger partial charge in [-0.3, -0.25) is 4.98 Å². The maximum atomic E-state index is 4.63. The Hall–Kier alpha value is -1.25. The van der Waals surface area contributed by atoms with Gasteiger partial charge in [0.25, 0.3) is 0 Å². The summed E-state index contributed by atoms with van der Waals surface area (Å²) in [5.41, 5.74) is 1.96. The number of piperidine rings is 1. The second-order valence-electron chi connectivity index (χ2n) is 3.62. The van der Waals surface area contributed by atoms with Crippen LogP contribution in [0.2, 0.25) is 0 Å². The van der Waals surface area contributed by atoms with Crippen LogP contribution in [0, 0.1) is 0 Å². The third-order valence-corrected chi connectivity index (χ3v) is 2.73. The second kappa shape index (κ2) is 5.01. The number of hydrogen-bond acceptors (Lipinski definition) is 4. The number of nitrogens with zero attached hydrogens (tertiary/aromatic N) is 3. The minimum absolute atomic E-state index is 0.828.